The Morgan fingerprint density at radius 3 is 1.48 bits per heavy atom. The first kappa shape index (κ1) is 36.7. The Bertz CT molecular complexity index is 998. The van der Waals surface area contributed by atoms with E-state index in [0.717, 1.165) is 0 Å². The molecule has 0 aliphatic heterocycles. The van der Waals surface area contributed by atoms with Crippen molar-refractivity contribution < 1.29 is 38.9 Å². The van der Waals surface area contributed by atoms with E-state index in [1.807, 2.05) is 60.7 Å². The second-order valence-electron chi connectivity index (χ2n) is 11.0. The zero-order valence-electron chi connectivity index (χ0n) is 25.8. The van der Waals surface area contributed by atoms with Gasteiger partial charge in [-0.1, -0.05) is 88.4 Å². The predicted octanol–water partition coefficient (Wildman–Crippen LogP) is 5.11. The first-order valence-corrected chi connectivity index (χ1v) is 14.5. The third-order valence-corrected chi connectivity index (χ3v) is 8.02. The maximum absolute atomic E-state index is 11.7. The average Bonchev–Trinajstić information content (AvgIpc) is 3.03. The van der Waals surface area contributed by atoms with Crippen LogP contribution in [0.2, 0.25) is 0 Å². The van der Waals surface area contributed by atoms with E-state index >= 15 is 0 Å². The highest BCUT2D eigenvalue weighted by Gasteiger charge is 2.29. The topological polar surface area (TPSA) is 127 Å². The van der Waals surface area contributed by atoms with Crippen LogP contribution in [0.5, 0.6) is 0 Å². The van der Waals surface area contributed by atoms with Gasteiger partial charge in [-0.3, -0.25) is 19.2 Å². The van der Waals surface area contributed by atoms with Crippen molar-refractivity contribution in [3.63, 3.8) is 0 Å². The zero-order valence-corrected chi connectivity index (χ0v) is 25.8. The minimum atomic E-state index is -0.488. The SMILES string of the molecule is COC(=O)CC(CC(C)c1ccccc1)[C@@H](C)C(=O)CO.COC(=O)[C@@H](C)C(CC(=O)CO)CC(C)c1ccccc1. The van der Waals surface area contributed by atoms with Crippen molar-refractivity contribution in [2.75, 3.05) is 27.4 Å². The van der Waals surface area contributed by atoms with Gasteiger partial charge in [0.25, 0.3) is 0 Å². The largest absolute Gasteiger partial charge is 0.469 e. The van der Waals surface area contributed by atoms with Gasteiger partial charge in [-0.15, -0.1) is 0 Å². The molecule has 0 bridgehead atoms. The summed E-state index contributed by atoms with van der Waals surface area (Å²) in [5, 5.41) is 18.0. The third kappa shape index (κ3) is 12.7. The lowest BCUT2D eigenvalue weighted by Crippen LogP contribution is -2.27. The minimum Gasteiger partial charge on any atom is -0.469 e. The molecule has 0 saturated heterocycles. The monoisotopic (exact) mass is 584 g/mol. The number of esters is 2. The zero-order chi connectivity index (χ0) is 31.7. The molecule has 0 radical (unpaired) electrons. The van der Waals surface area contributed by atoms with E-state index in [1.54, 1.807) is 13.8 Å². The molecule has 42 heavy (non-hydrogen) atoms. The molecule has 8 nitrogen and oxygen atoms in total. The van der Waals surface area contributed by atoms with E-state index in [1.165, 1.54) is 25.3 Å². The number of carbonyl (C=O) groups is 4. The Kier molecular flexibility index (Phi) is 17.2. The number of ketones is 2. The fourth-order valence-corrected chi connectivity index (χ4v) is 5.11. The van der Waals surface area contributed by atoms with Crippen LogP contribution in [0.1, 0.15) is 76.3 Å². The fourth-order valence-electron chi connectivity index (χ4n) is 5.11. The lowest BCUT2D eigenvalue weighted by Gasteiger charge is -2.25. The molecule has 2 aromatic carbocycles. The summed E-state index contributed by atoms with van der Waals surface area (Å²) in [5.41, 5.74) is 2.35. The second kappa shape index (κ2) is 19.7. The molecule has 2 rings (SSSR count). The average molecular weight is 585 g/mol. The summed E-state index contributed by atoms with van der Waals surface area (Å²) in [7, 11) is 2.70. The molecular formula is C34H48O8. The number of benzene rings is 2. The van der Waals surface area contributed by atoms with Crippen LogP contribution in [0, 0.1) is 23.7 Å². The number of aliphatic hydroxyl groups excluding tert-OH is 2. The molecule has 0 spiro atoms. The highest BCUT2D eigenvalue weighted by molar-refractivity contribution is 5.82. The number of aliphatic hydroxyl groups is 2. The Morgan fingerprint density at radius 1 is 0.643 bits per heavy atom. The van der Waals surface area contributed by atoms with Gasteiger partial charge in [-0.05, 0) is 47.6 Å². The minimum absolute atomic E-state index is 0.132. The van der Waals surface area contributed by atoms with Crippen LogP contribution < -0.4 is 0 Å². The molecule has 232 valence electrons. The highest BCUT2D eigenvalue weighted by atomic mass is 16.5. The number of rotatable bonds is 16. The van der Waals surface area contributed by atoms with Crippen LogP contribution in [0.25, 0.3) is 0 Å². The molecule has 0 amide bonds. The van der Waals surface area contributed by atoms with Crippen molar-refractivity contribution >= 4 is 23.5 Å². The molecule has 0 heterocycles. The number of ether oxygens (including phenoxy) is 2. The summed E-state index contributed by atoms with van der Waals surface area (Å²) in [6.45, 7) is 6.73. The number of hydrogen-bond acceptors (Lipinski definition) is 8. The van der Waals surface area contributed by atoms with Gasteiger partial charge in [0, 0.05) is 18.8 Å². The normalized spacial score (nSPS) is 15.0. The number of methoxy groups -OCH3 is 2. The van der Waals surface area contributed by atoms with Crippen molar-refractivity contribution in [2.24, 2.45) is 23.7 Å². The molecule has 0 fully saturated rings. The molecule has 2 N–H and O–H groups in total. The van der Waals surface area contributed by atoms with Gasteiger partial charge in [-0.25, -0.2) is 0 Å². The molecule has 8 heteroatoms. The molecule has 4 unspecified atom stereocenters. The van der Waals surface area contributed by atoms with Gasteiger partial charge in [0.2, 0.25) is 0 Å². The molecule has 0 aromatic heterocycles. The van der Waals surface area contributed by atoms with Crippen molar-refractivity contribution in [1.29, 1.82) is 0 Å². The maximum atomic E-state index is 11.7. The van der Waals surface area contributed by atoms with Crippen LogP contribution in [0.3, 0.4) is 0 Å². The summed E-state index contributed by atoms with van der Waals surface area (Å²) in [5.74, 6) is -1.63. The summed E-state index contributed by atoms with van der Waals surface area (Å²) < 4.78 is 9.50. The summed E-state index contributed by atoms with van der Waals surface area (Å²) in [6.07, 6.45) is 1.79. The molecule has 6 atom stereocenters. The van der Waals surface area contributed by atoms with Gasteiger partial charge in [-0.2, -0.15) is 0 Å². The molecule has 0 aliphatic carbocycles. The fraction of sp³-hybridized carbons (Fsp3) is 0.529. The Morgan fingerprint density at radius 2 is 1.10 bits per heavy atom. The van der Waals surface area contributed by atoms with Crippen molar-refractivity contribution in [2.45, 2.75) is 65.2 Å². The van der Waals surface area contributed by atoms with Crippen LogP contribution >= 0.6 is 0 Å². The number of carbonyl (C=O) groups excluding carboxylic acids is 4. The summed E-state index contributed by atoms with van der Waals surface area (Å²) in [6, 6.07) is 20.0. The van der Waals surface area contributed by atoms with Crippen molar-refractivity contribution in [3.8, 4) is 0 Å². The van der Waals surface area contributed by atoms with Crippen LogP contribution in [-0.4, -0.2) is 61.2 Å². The first-order chi connectivity index (χ1) is 20.0. The molecule has 0 aliphatic rings. The Balaban J connectivity index is 0.000000420. The maximum Gasteiger partial charge on any atom is 0.308 e. The van der Waals surface area contributed by atoms with Gasteiger partial charge >= 0.3 is 11.9 Å². The standard InChI is InChI=1S/2C17H24O4/c1-12(14-7-5-4-6-8-14)9-15(10-17(20)21-3)13(2)16(19)11-18;1-12(14-7-5-4-6-8-14)9-15(10-16(19)11-18)13(2)17(20)21-3/h2*4-8,12-13,15,18H,9-11H2,1-3H3/t2*12?,13-,15?/m10/s1. The van der Waals surface area contributed by atoms with Crippen molar-refractivity contribution in [3.05, 3.63) is 71.8 Å². The Hall–Kier alpha value is -3.36. The third-order valence-electron chi connectivity index (χ3n) is 8.02. The van der Waals surface area contributed by atoms with Crippen LogP contribution in [-0.2, 0) is 28.7 Å². The smallest absolute Gasteiger partial charge is 0.308 e. The van der Waals surface area contributed by atoms with Crippen LogP contribution in [0.4, 0.5) is 0 Å². The lowest BCUT2D eigenvalue weighted by molar-refractivity contribution is -0.147. The second-order valence-corrected chi connectivity index (χ2v) is 11.0. The van der Waals surface area contributed by atoms with Gasteiger partial charge in [0.1, 0.15) is 13.2 Å². The van der Waals surface area contributed by atoms with E-state index < -0.39 is 13.2 Å². The molecule has 2 aromatic rings. The summed E-state index contributed by atoms with van der Waals surface area (Å²) in [4.78, 5) is 46.6. The van der Waals surface area contributed by atoms with Gasteiger partial charge in [0.05, 0.1) is 20.1 Å². The van der Waals surface area contributed by atoms with E-state index in [-0.39, 0.29) is 71.9 Å². The summed E-state index contributed by atoms with van der Waals surface area (Å²) >= 11 is 0. The molecule has 0 saturated carbocycles. The van der Waals surface area contributed by atoms with Crippen molar-refractivity contribution in [1.82, 2.24) is 0 Å². The van der Waals surface area contributed by atoms with E-state index in [0.29, 0.717) is 12.8 Å². The van der Waals surface area contributed by atoms with E-state index in [4.69, 9.17) is 19.7 Å². The van der Waals surface area contributed by atoms with Gasteiger partial charge < -0.3 is 19.7 Å². The van der Waals surface area contributed by atoms with E-state index in [9.17, 15) is 19.2 Å². The quantitative estimate of drug-likeness (QED) is 0.261. The van der Waals surface area contributed by atoms with Gasteiger partial charge in [0.15, 0.2) is 11.6 Å². The number of hydrogen-bond donors (Lipinski definition) is 2. The Labute approximate surface area is 250 Å². The van der Waals surface area contributed by atoms with Crippen LogP contribution in [0.15, 0.2) is 60.7 Å². The number of Topliss-reactive ketones (excluding diaryl/α,β-unsaturated/α-hetero) is 2. The lowest BCUT2D eigenvalue weighted by atomic mass is 9.80. The molecular weight excluding hydrogens is 536 g/mol. The first-order valence-electron chi connectivity index (χ1n) is 14.5. The van der Waals surface area contributed by atoms with E-state index in [2.05, 4.69) is 13.8 Å². The highest BCUT2D eigenvalue weighted by Crippen LogP contribution is 2.31. The predicted molar refractivity (Wildman–Crippen MR) is 162 cm³/mol.